The Morgan fingerprint density at radius 2 is 1.67 bits per heavy atom. The number of fused-ring (bicyclic) bond motifs is 1. The van der Waals surface area contributed by atoms with Crippen LogP contribution >= 0.6 is 0 Å². The van der Waals surface area contributed by atoms with Gasteiger partial charge >= 0.3 is 0 Å². The maximum absolute atomic E-state index is 4.04. The first-order chi connectivity index (χ1) is 8.47. The summed E-state index contributed by atoms with van der Waals surface area (Å²) < 4.78 is 0. The normalized spacial score (nSPS) is 11.6. The number of hydrogen-bond donors (Lipinski definition) is 0. The molecule has 1 nitrogen and oxygen atoms in total. The lowest BCUT2D eigenvalue weighted by molar-refractivity contribution is 1.14. The van der Waals surface area contributed by atoms with Crippen LogP contribution in [0.15, 0.2) is 48.7 Å². The van der Waals surface area contributed by atoms with Crippen molar-refractivity contribution in [1.29, 1.82) is 0 Å². The highest BCUT2D eigenvalue weighted by Gasteiger charge is 2.22. The number of nitrogens with zero attached hydrogens (tertiary/aromatic N) is 1. The molecule has 2 heteroatoms. The maximum Gasteiger partial charge on any atom is 0.104 e. The fraction of sp³-hybridized carbons (Fsp3) is 0.250. The van der Waals surface area contributed by atoms with Gasteiger partial charge in [0.15, 0.2) is 0 Å². The van der Waals surface area contributed by atoms with Crippen molar-refractivity contribution in [3.05, 3.63) is 48.7 Å². The van der Waals surface area contributed by atoms with Gasteiger partial charge in [-0.05, 0) is 16.6 Å². The van der Waals surface area contributed by atoms with Gasteiger partial charge in [-0.3, -0.25) is 0 Å². The summed E-state index contributed by atoms with van der Waals surface area (Å²) in [5, 5.41) is 4.18. The quantitative estimate of drug-likeness (QED) is 0.758. The molecule has 0 amide bonds. The summed E-state index contributed by atoms with van der Waals surface area (Å²) in [6.45, 7) is 8.74. The zero-order valence-corrected chi connectivity index (χ0v) is 12.7. The van der Waals surface area contributed by atoms with E-state index in [0.29, 0.717) is 0 Å². The molecule has 0 atom stereocenters. The summed E-state index contributed by atoms with van der Waals surface area (Å²) in [5.41, 5.74) is 3.46. The molecule has 0 aliphatic heterocycles. The standard InChI is InChI=1S/C16H21NSi/c1-6-18(4,5)15-12-8-10-13-9-7-11-14(16(13)15)17(2)3/h6-12H,1H2,2-5H3. The van der Waals surface area contributed by atoms with Crippen molar-refractivity contribution in [3.63, 3.8) is 0 Å². The van der Waals surface area contributed by atoms with Crippen molar-refractivity contribution in [1.82, 2.24) is 0 Å². The zero-order valence-electron chi connectivity index (χ0n) is 11.7. The van der Waals surface area contributed by atoms with Crippen LogP contribution in [0.3, 0.4) is 0 Å². The van der Waals surface area contributed by atoms with Crippen LogP contribution in [0.5, 0.6) is 0 Å². The van der Waals surface area contributed by atoms with Gasteiger partial charge in [-0.2, -0.15) is 0 Å². The molecule has 0 saturated heterocycles. The minimum absolute atomic E-state index is 1.30. The molecule has 0 aromatic heterocycles. The Bertz CT molecular complexity index is 579. The second kappa shape index (κ2) is 4.62. The summed E-state index contributed by atoms with van der Waals surface area (Å²) in [6, 6.07) is 13.1. The van der Waals surface area contributed by atoms with Crippen molar-refractivity contribution >= 4 is 29.7 Å². The highest BCUT2D eigenvalue weighted by Crippen LogP contribution is 2.26. The lowest BCUT2D eigenvalue weighted by atomic mass is 10.1. The average molecular weight is 255 g/mol. The van der Waals surface area contributed by atoms with Crippen LogP contribution in [0, 0.1) is 0 Å². The van der Waals surface area contributed by atoms with Gasteiger partial charge in [-0.1, -0.05) is 49.1 Å². The van der Waals surface area contributed by atoms with Crippen LogP contribution in [0.25, 0.3) is 10.8 Å². The van der Waals surface area contributed by atoms with E-state index < -0.39 is 8.07 Å². The largest absolute Gasteiger partial charge is 0.377 e. The molecule has 94 valence electrons. The smallest absolute Gasteiger partial charge is 0.104 e. The van der Waals surface area contributed by atoms with Crippen molar-refractivity contribution in [2.45, 2.75) is 13.1 Å². The van der Waals surface area contributed by atoms with Gasteiger partial charge in [0.1, 0.15) is 8.07 Å². The summed E-state index contributed by atoms with van der Waals surface area (Å²) in [4.78, 5) is 2.19. The maximum atomic E-state index is 4.04. The molecular formula is C16H21NSi. The zero-order chi connectivity index (χ0) is 13.3. The van der Waals surface area contributed by atoms with Gasteiger partial charge in [-0.15, -0.1) is 6.58 Å². The van der Waals surface area contributed by atoms with Crippen LogP contribution < -0.4 is 10.1 Å². The molecule has 0 spiro atoms. The summed E-state index contributed by atoms with van der Waals surface area (Å²) in [5.74, 6) is 0. The first-order valence-electron chi connectivity index (χ1n) is 6.30. The Hall–Kier alpha value is -1.54. The topological polar surface area (TPSA) is 3.24 Å². The molecule has 2 rings (SSSR count). The molecule has 0 saturated carbocycles. The molecule has 0 N–H and O–H groups in total. The second-order valence-electron chi connectivity index (χ2n) is 5.50. The Balaban J connectivity index is 2.86. The van der Waals surface area contributed by atoms with Gasteiger partial charge < -0.3 is 4.90 Å². The Morgan fingerprint density at radius 3 is 2.22 bits per heavy atom. The van der Waals surface area contributed by atoms with E-state index in [9.17, 15) is 0 Å². The van der Waals surface area contributed by atoms with E-state index in [1.165, 1.54) is 21.6 Å². The number of rotatable bonds is 3. The minimum atomic E-state index is -1.56. The molecule has 2 aromatic carbocycles. The van der Waals surface area contributed by atoms with Crippen LogP contribution in [0.2, 0.25) is 13.1 Å². The van der Waals surface area contributed by atoms with Gasteiger partial charge in [0.05, 0.1) is 0 Å². The van der Waals surface area contributed by atoms with E-state index >= 15 is 0 Å². The number of anilines is 1. The Labute approximate surface area is 111 Å². The Kier molecular flexibility index (Phi) is 3.31. The third-order valence-electron chi connectivity index (χ3n) is 3.57. The van der Waals surface area contributed by atoms with Crippen LogP contribution in [0.1, 0.15) is 0 Å². The highest BCUT2D eigenvalue weighted by atomic mass is 28.3. The fourth-order valence-electron chi connectivity index (χ4n) is 2.34. The van der Waals surface area contributed by atoms with E-state index in [-0.39, 0.29) is 0 Å². The van der Waals surface area contributed by atoms with Gasteiger partial charge in [-0.25, -0.2) is 0 Å². The molecule has 0 aliphatic rings. The van der Waals surface area contributed by atoms with Crippen molar-refractivity contribution < 1.29 is 0 Å². The molecule has 0 fully saturated rings. The summed E-state index contributed by atoms with van der Waals surface area (Å²) in [6.07, 6.45) is 0. The van der Waals surface area contributed by atoms with E-state index in [0.717, 1.165) is 0 Å². The first-order valence-corrected chi connectivity index (χ1v) is 9.38. The third-order valence-corrected chi connectivity index (χ3v) is 6.39. The van der Waals surface area contributed by atoms with Crippen LogP contribution in [-0.4, -0.2) is 22.2 Å². The third kappa shape index (κ3) is 2.08. The predicted octanol–water partition coefficient (Wildman–Crippen LogP) is 3.55. The molecule has 0 aliphatic carbocycles. The van der Waals surface area contributed by atoms with Gasteiger partial charge in [0.2, 0.25) is 0 Å². The summed E-state index contributed by atoms with van der Waals surface area (Å²) >= 11 is 0. The van der Waals surface area contributed by atoms with Crippen molar-refractivity contribution in [2.75, 3.05) is 19.0 Å². The van der Waals surface area contributed by atoms with Crippen LogP contribution in [0.4, 0.5) is 5.69 Å². The monoisotopic (exact) mass is 255 g/mol. The fourth-order valence-corrected chi connectivity index (χ4v) is 4.00. The number of hydrogen-bond acceptors (Lipinski definition) is 1. The summed E-state index contributed by atoms with van der Waals surface area (Å²) in [7, 11) is 2.65. The van der Waals surface area contributed by atoms with E-state index in [2.05, 4.69) is 80.8 Å². The average Bonchev–Trinajstić information content (AvgIpc) is 2.37. The number of benzene rings is 2. The Morgan fingerprint density at radius 1 is 1.06 bits per heavy atom. The molecule has 0 radical (unpaired) electrons. The molecular weight excluding hydrogens is 234 g/mol. The lowest BCUT2D eigenvalue weighted by Gasteiger charge is -2.24. The van der Waals surface area contributed by atoms with Gasteiger partial charge in [0, 0.05) is 25.2 Å². The molecule has 18 heavy (non-hydrogen) atoms. The second-order valence-corrected chi connectivity index (χ2v) is 9.89. The lowest BCUT2D eigenvalue weighted by Crippen LogP contribution is -2.40. The molecule has 0 heterocycles. The van der Waals surface area contributed by atoms with Gasteiger partial charge in [0.25, 0.3) is 0 Å². The minimum Gasteiger partial charge on any atom is -0.377 e. The van der Waals surface area contributed by atoms with E-state index in [1.54, 1.807) is 0 Å². The van der Waals surface area contributed by atoms with Crippen molar-refractivity contribution in [3.8, 4) is 0 Å². The van der Waals surface area contributed by atoms with E-state index in [1.807, 2.05) is 0 Å². The first kappa shape index (κ1) is 12.9. The van der Waals surface area contributed by atoms with E-state index in [4.69, 9.17) is 0 Å². The highest BCUT2D eigenvalue weighted by molar-refractivity contribution is 6.95. The SMILES string of the molecule is C=C[Si](C)(C)c1cccc2cccc(N(C)C)c12. The van der Waals surface area contributed by atoms with Crippen molar-refractivity contribution in [2.24, 2.45) is 0 Å². The predicted molar refractivity (Wildman–Crippen MR) is 85.6 cm³/mol. The van der Waals surface area contributed by atoms with Crippen LogP contribution in [-0.2, 0) is 0 Å². The molecule has 0 unspecified atom stereocenters. The molecule has 2 aromatic rings. The molecule has 0 bridgehead atoms.